The van der Waals surface area contributed by atoms with Gasteiger partial charge in [0.15, 0.2) is 5.25 Å². The Morgan fingerprint density at radius 3 is 1.79 bits per heavy atom. The molecule has 1 atom stereocenters. The molecule has 0 saturated heterocycles. The van der Waals surface area contributed by atoms with Gasteiger partial charge in [0.1, 0.15) is 11.5 Å². The number of carbonyl (C=O) groups excluding carboxylic acids is 2. The van der Waals surface area contributed by atoms with E-state index in [1.54, 1.807) is 36.4 Å². The van der Waals surface area contributed by atoms with Crippen molar-refractivity contribution in [2.75, 3.05) is 0 Å². The Morgan fingerprint density at radius 2 is 1.33 bits per heavy atom. The zero-order valence-corrected chi connectivity index (χ0v) is 13.2. The van der Waals surface area contributed by atoms with Crippen LogP contribution in [0.5, 0.6) is 11.5 Å². The van der Waals surface area contributed by atoms with Gasteiger partial charge in [0, 0.05) is 0 Å². The van der Waals surface area contributed by atoms with Crippen LogP contribution in [-0.2, 0) is 19.7 Å². The van der Waals surface area contributed by atoms with Gasteiger partial charge in [-0.15, -0.1) is 0 Å². The van der Waals surface area contributed by atoms with Crippen LogP contribution in [0.25, 0.3) is 0 Å². The third kappa shape index (κ3) is 5.18. The first-order valence-electron chi connectivity index (χ1n) is 6.85. The van der Waals surface area contributed by atoms with Crippen LogP contribution < -0.4 is 9.47 Å². The molecule has 0 aliphatic rings. The average molecular weight is 350 g/mol. The minimum Gasteiger partial charge on any atom is -0.426 e. The zero-order chi connectivity index (χ0) is 17.6. The lowest BCUT2D eigenvalue weighted by Crippen LogP contribution is -2.36. The number of benzene rings is 2. The molecule has 0 amide bonds. The highest BCUT2D eigenvalue weighted by atomic mass is 32.2. The van der Waals surface area contributed by atoms with Gasteiger partial charge in [-0.2, -0.15) is 8.42 Å². The average Bonchev–Trinajstić information content (AvgIpc) is 2.53. The van der Waals surface area contributed by atoms with E-state index in [0.29, 0.717) is 0 Å². The minimum atomic E-state index is -4.85. The smallest absolute Gasteiger partial charge is 0.332 e. The highest BCUT2D eigenvalue weighted by molar-refractivity contribution is 7.87. The standard InChI is InChI=1S/C16H14O7S/c17-15(22-12-7-3-1-4-8-12)11-14(24(19,20)21)16(18)23-13-9-5-2-6-10-13/h1-10,14H,11H2,(H,19,20,21). The molecule has 1 unspecified atom stereocenters. The van der Waals surface area contributed by atoms with Gasteiger partial charge in [-0.3, -0.25) is 14.1 Å². The van der Waals surface area contributed by atoms with Crippen molar-refractivity contribution in [1.82, 2.24) is 0 Å². The van der Waals surface area contributed by atoms with Gasteiger partial charge in [0.2, 0.25) is 0 Å². The Kier molecular flexibility index (Phi) is 5.67. The molecular weight excluding hydrogens is 336 g/mol. The van der Waals surface area contributed by atoms with Crippen molar-refractivity contribution in [1.29, 1.82) is 0 Å². The summed E-state index contributed by atoms with van der Waals surface area (Å²) in [5.41, 5.74) is 0. The van der Waals surface area contributed by atoms with Crippen molar-refractivity contribution >= 4 is 22.1 Å². The summed E-state index contributed by atoms with van der Waals surface area (Å²) in [6, 6.07) is 15.6. The van der Waals surface area contributed by atoms with Crippen molar-refractivity contribution in [2.24, 2.45) is 0 Å². The maximum atomic E-state index is 12.0. The van der Waals surface area contributed by atoms with Gasteiger partial charge >= 0.3 is 11.9 Å². The van der Waals surface area contributed by atoms with E-state index in [9.17, 15) is 22.6 Å². The van der Waals surface area contributed by atoms with E-state index in [2.05, 4.69) is 0 Å². The molecular formula is C16H14O7S. The fourth-order valence-corrected chi connectivity index (χ4v) is 2.43. The number of hydrogen-bond acceptors (Lipinski definition) is 6. The fraction of sp³-hybridized carbons (Fsp3) is 0.125. The zero-order valence-electron chi connectivity index (χ0n) is 12.4. The van der Waals surface area contributed by atoms with E-state index < -0.39 is 33.7 Å². The molecule has 0 fully saturated rings. The summed E-state index contributed by atoms with van der Waals surface area (Å²) in [5, 5.41) is -2.08. The van der Waals surface area contributed by atoms with Crippen molar-refractivity contribution in [2.45, 2.75) is 11.7 Å². The SMILES string of the molecule is O=C(CC(C(=O)Oc1ccccc1)S(=O)(=O)O)Oc1ccccc1. The quantitative estimate of drug-likeness (QED) is 0.481. The molecule has 7 nitrogen and oxygen atoms in total. The Balaban J connectivity index is 2.08. The Labute approximate surface area is 138 Å². The number of esters is 2. The van der Waals surface area contributed by atoms with E-state index in [1.807, 2.05) is 0 Å². The van der Waals surface area contributed by atoms with Gasteiger partial charge in [-0.1, -0.05) is 36.4 Å². The first-order chi connectivity index (χ1) is 11.4. The van der Waals surface area contributed by atoms with Gasteiger partial charge in [0.05, 0.1) is 6.42 Å². The largest absolute Gasteiger partial charge is 0.426 e. The minimum absolute atomic E-state index is 0.0903. The van der Waals surface area contributed by atoms with E-state index in [1.165, 1.54) is 24.3 Å². The topological polar surface area (TPSA) is 107 Å². The number of para-hydroxylation sites is 2. The van der Waals surface area contributed by atoms with Crippen LogP contribution in [0.4, 0.5) is 0 Å². The summed E-state index contributed by atoms with van der Waals surface area (Å²) in [7, 11) is -4.85. The molecule has 2 aromatic carbocycles. The lowest BCUT2D eigenvalue weighted by atomic mass is 10.3. The Morgan fingerprint density at radius 1 is 0.875 bits per heavy atom. The van der Waals surface area contributed by atoms with Crippen LogP contribution in [0.2, 0.25) is 0 Å². The molecule has 0 radical (unpaired) electrons. The van der Waals surface area contributed by atoms with Crippen molar-refractivity contribution in [3.05, 3.63) is 60.7 Å². The Hall–Kier alpha value is -2.71. The van der Waals surface area contributed by atoms with Gasteiger partial charge in [-0.05, 0) is 24.3 Å². The van der Waals surface area contributed by atoms with Crippen LogP contribution in [0.3, 0.4) is 0 Å². The second-order valence-corrected chi connectivity index (χ2v) is 6.33. The molecule has 2 rings (SSSR count). The highest BCUT2D eigenvalue weighted by Gasteiger charge is 2.36. The summed E-state index contributed by atoms with van der Waals surface area (Å²) in [6.07, 6.45) is -0.876. The predicted molar refractivity (Wildman–Crippen MR) is 84.1 cm³/mol. The summed E-state index contributed by atoms with van der Waals surface area (Å²) in [4.78, 5) is 23.8. The normalized spacial score (nSPS) is 12.2. The number of rotatable bonds is 6. The van der Waals surface area contributed by atoms with Crippen LogP contribution >= 0.6 is 0 Å². The summed E-state index contributed by atoms with van der Waals surface area (Å²) in [6.45, 7) is 0. The van der Waals surface area contributed by atoms with Gasteiger partial charge in [0.25, 0.3) is 10.1 Å². The van der Waals surface area contributed by atoms with Gasteiger partial charge < -0.3 is 9.47 Å². The monoisotopic (exact) mass is 350 g/mol. The van der Waals surface area contributed by atoms with Crippen molar-refractivity contribution in [3.63, 3.8) is 0 Å². The third-order valence-electron chi connectivity index (χ3n) is 2.91. The highest BCUT2D eigenvalue weighted by Crippen LogP contribution is 2.15. The lowest BCUT2D eigenvalue weighted by Gasteiger charge is -2.12. The molecule has 0 aliphatic heterocycles. The molecule has 2 aromatic rings. The molecule has 24 heavy (non-hydrogen) atoms. The number of ether oxygens (including phenoxy) is 2. The fourth-order valence-electron chi connectivity index (χ4n) is 1.79. The molecule has 0 bridgehead atoms. The molecule has 0 spiro atoms. The molecule has 0 aromatic heterocycles. The van der Waals surface area contributed by atoms with E-state index in [-0.39, 0.29) is 11.5 Å². The lowest BCUT2D eigenvalue weighted by molar-refractivity contribution is -0.140. The number of hydrogen-bond donors (Lipinski definition) is 1. The molecule has 1 N–H and O–H groups in total. The summed E-state index contributed by atoms with van der Waals surface area (Å²) < 4.78 is 41.8. The molecule has 8 heteroatoms. The summed E-state index contributed by atoms with van der Waals surface area (Å²) >= 11 is 0. The second kappa shape index (κ2) is 7.71. The first-order valence-corrected chi connectivity index (χ1v) is 8.35. The predicted octanol–water partition coefficient (Wildman–Crippen LogP) is 1.84. The van der Waals surface area contributed by atoms with Crippen LogP contribution in [0.15, 0.2) is 60.7 Å². The molecule has 126 valence electrons. The van der Waals surface area contributed by atoms with E-state index in [0.717, 1.165) is 0 Å². The molecule has 0 aliphatic carbocycles. The van der Waals surface area contributed by atoms with Gasteiger partial charge in [-0.25, -0.2) is 0 Å². The van der Waals surface area contributed by atoms with E-state index >= 15 is 0 Å². The van der Waals surface area contributed by atoms with Crippen molar-refractivity contribution < 1.29 is 32.0 Å². The molecule has 0 heterocycles. The Bertz CT molecular complexity index is 801. The van der Waals surface area contributed by atoms with E-state index in [4.69, 9.17) is 9.47 Å². The first kappa shape index (κ1) is 17.6. The molecule has 0 saturated carbocycles. The maximum Gasteiger partial charge on any atom is 0.332 e. The number of carbonyl (C=O) groups is 2. The van der Waals surface area contributed by atoms with Crippen LogP contribution in [0, 0.1) is 0 Å². The van der Waals surface area contributed by atoms with Crippen LogP contribution in [0.1, 0.15) is 6.42 Å². The summed E-state index contributed by atoms with van der Waals surface area (Å²) in [5.74, 6) is -1.98. The van der Waals surface area contributed by atoms with Crippen LogP contribution in [-0.4, -0.2) is 30.2 Å². The second-order valence-electron chi connectivity index (χ2n) is 4.73. The van der Waals surface area contributed by atoms with Crippen molar-refractivity contribution in [3.8, 4) is 11.5 Å². The maximum absolute atomic E-state index is 12.0. The third-order valence-corrected chi connectivity index (χ3v) is 3.99.